The van der Waals surface area contributed by atoms with Gasteiger partial charge in [-0.15, -0.1) is 0 Å². The Labute approximate surface area is 185 Å². The van der Waals surface area contributed by atoms with Gasteiger partial charge in [0.05, 0.1) is 19.8 Å². The average Bonchev–Trinajstić information content (AvgIpc) is 3.56. The molecule has 1 aliphatic carbocycles. The zero-order chi connectivity index (χ0) is 21.5. The maximum atomic E-state index is 13.1. The molecule has 1 N–H and O–H groups in total. The number of H-pyrrole nitrogens is 1. The Kier molecular flexibility index (Phi) is 5.10. The van der Waals surface area contributed by atoms with Gasteiger partial charge in [0.1, 0.15) is 5.75 Å². The van der Waals surface area contributed by atoms with E-state index in [1.807, 2.05) is 42.5 Å². The monoisotopic (exact) mass is 438 g/mol. The number of fused-ring (bicyclic) bond motifs is 3. The van der Waals surface area contributed by atoms with Gasteiger partial charge in [0.2, 0.25) is 0 Å². The van der Waals surface area contributed by atoms with Crippen LogP contribution in [0.25, 0.3) is 10.9 Å². The first-order valence-electron chi connectivity index (χ1n) is 10.5. The average molecular weight is 439 g/mol. The van der Waals surface area contributed by atoms with Crippen LogP contribution in [0.3, 0.4) is 0 Å². The fraction of sp³-hybridized carbons (Fsp3) is 0.333. The van der Waals surface area contributed by atoms with Gasteiger partial charge < -0.3 is 19.4 Å². The lowest BCUT2D eigenvalue weighted by Gasteiger charge is -2.35. The van der Waals surface area contributed by atoms with Crippen LogP contribution in [0.15, 0.2) is 42.5 Å². The summed E-state index contributed by atoms with van der Waals surface area (Å²) in [6.45, 7) is 0.738. The molecule has 1 fully saturated rings. The molecule has 3 aromatic rings. The molecular formula is C24H23ClN2O4. The van der Waals surface area contributed by atoms with E-state index in [2.05, 4.69) is 4.98 Å². The summed E-state index contributed by atoms with van der Waals surface area (Å²) in [5.74, 6) is -0.262. The number of aromatic amines is 1. The lowest BCUT2D eigenvalue weighted by Crippen LogP contribution is -2.44. The van der Waals surface area contributed by atoms with Crippen LogP contribution in [-0.2, 0) is 20.7 Å². The molecule has 2 aromatic carbocycles. The summed E-state index contributed by atoms with van der Waals surface area (Å²) in [5, 5.41) is 1.71. The molecule has 2 aliphatic rings. The molecule has 6 nitrogen and oxygen atoms in total. The van der Waals surface area contributed by atoms with Crippen molar-refractivity contribution in [2.75, 3.05) is 20.3 Å². The first kappa shape index (κ1) is 19.9. The van der Waals surface area contributed by atoms with Crippen LogP contribution in [0.2, 0.25) is 5.02 Å². The van der Waals surface area contributed by atoms with Crippen LogP contribution in [0, 0.1) is 5.92 Å². The molecule has 7 heteroatoms. The first-order valence-corrected chi connectivity index (χ1v) is 10.8. The summed E-state index contributed by atoms with van der Waals surface area (Å²) in [6, 6.07) is 12.9. The number of benzene rings is 2. The van der Waals surface area contributed by atoms with E-state index in [0.29, 0.717) is 30.5 Å². The molecule has 0 bridgehead atoms. The van der Waals surface area contributed by atoms with Crippen molar-refractivity contribution < 1.29 is 19.1 Å². The van der Waals surface area contributed by atoms with E-state index in [1.165, 1.54) is 0 Å². The van der Waals surface area contributed by atoms with Crippen molar-refractivity contribution >= 4 is 34.4 Å². The van der Waals surface area contributed by atoms with Crippen molar-refractivity contribution in [1.29, 1.82) is 0 Å². The molecule has 1 aliphatic heterocycles. The van der Waals surface area contributed by atoms with Crippen LogP contribution in [0.4, 0.5) is 0 Å². The highest BCUT2D eigenvalue weighted by Gasteiger charge is 2.38. The van der Waals surface area contributed by atoms with Gasteiger partial charge in [-0.05, 0) is 66.6 Å². The number of carbonyl (C=O) groups excluding carboxylic acids is 2. The van der Waals surface area contributed by atoms with Gasteiger partial charge in [-0.25, -0.2) is 4.79 Å². The fourth-order valence-corrected chi connectivity index (χ4v) is 4.44. The number of carbonyl (C=O) groups is 2. The Morgan fingerprint density at radius 2 is 1.94 bits per heavy atom. The van der Waals surface area contributed by atoms with Crippen LogP contribution >= 0.6 is 11.6 Å². The Morgan fingerprint density at radius 3 is 2.65 bits per heavy atom. The molecule has 31 heavy (non-hydrogen) atoms. The summed E-state index contributed by atoms with van der Waals surface area (Å²) in [4.78, 5) is 30.7. The van der Waals surface area contributed by atoms with E-state index in [1.54, 1.807) is 12.0 Å². The molecule has 0 radical (unpaired) electrons. The summed E-state index contributed by atoms with van der Waals surface area (Å²) in [5.41, 5.74) is 3.87. The highest BCUT2D eigenvalue weighted by molar-refractivity contribution is 6.32. The number of halogens is 1. The van der Waals surface area contributed by atoms with Gasteiger partial charge in [0.15, 0.2) is 0 Å². The number of methoxy groups -OCH3 is 1. The number of amides is 1. The minimum absolute atomic E-state index is 0.321. The molecule has 2 heterocycles. The van der Waals surface area contributed by atoms with Crippen molar-refractivity contribution in [2.24, 2.45) is 5.92 Å². The smallest absolute Gasteiger partial charge is 0.397 e. The van der Waals surface area contributed by atoms with Crippen LogP contribution in [-0.4, -0.2) is 42.0 Å². The van der Waals surface area contributed by atoms with Gasteiger partial charge >= 0.3 is 11.9 Å². The van der Waals surface area contributed by atoms with Crippen molar-refractivity contribution in [3.63, 3.8) is 0 Å². The maximum Gasteiger partial charge on any atom is 0.397 e. The number of rotatable bonds is 4. The fourth-order valence-electron chi connectivity index (χ4n) is 4.27. The summed E-state index contributed by atoms with van der Waals surface area (Å²) in [7, 11) is 1.61. The van der Waals surface area contributed by atoms with Crippen molar-refractivity contribution in [3.05, 3.63) is 64.3 Å². The van der Waals surface area contributed by atoms with E-state index in [4.69, 9.17) is 21.1 Å². The Hall–Kier alpha value is -2.99. The summed E-state index contributed by atoms with van der Waals surface area (Å²) >= 11 is 6.24. The molecule has 0 spiro atoms. The first-order chi connectivity index (χ1) is 15.0. The topological polar surface area (TPSA) is 71.6 Å². The predicted molar refractivity (Wildman–Crippen MR) is 117 cm³/mol. The third-order valence-electron chi connectivity index (χ3n) is 6.10. The standard InChI is InChI=1S/C24H23ClN2O4/c1-30-17-7-4-15(5-8-17)22-21-18(19-12-16(25)6-9-20(19)26-21)10-11-27(22)23(28)24(29)31-13-14-2-3-14/h4-9,12,14,22,26H,2-3,10-11,13H2,1H3. The van der Waals surface area contributed by atoms with Crippen molar-refractivity contribution in [1.82, 2.24) is 9.88 Å². The molecular weight excluding hydrogens is 416 g/mol. The largest absolute Gasteiger partial charge is 0.497 e. The molecule has 160 valence electrons. The molecule has 0 saturated heterocycles. The van der Waals surface area contributed by atoms with E-state index >= 15 is 0 Å². The highest BCUT2D eigenvalue weighted by atomic mass is 35.5. The molecule has 1 unspecified atom stereocenters. The van der Waals surface area contributed by atoms with E-state index in [9.17, 15) is 9.59 Å². The zero-order valence-electron chi connectivity index (χ0n) is 17.2. The Balaban J connectivity index is 1.55. The van der Waals surface area contributed by atoms with Crippen LogP contribution in [0.5, 0.6) is 5.75 Å². The normalized spacial score (nSPS) is 18.0. The quantitative estimate of drug-likeness (QED) is 0.488. The third kappa shape index (κ3) is 3.76. The Morgan fingerprint density at radius 1 is 1.16 bits per heavy atom. The maximum absolute atomic E-state index is 13.1. The van der Waals surface area contributed by atoms with Gasteiger partial charge in [-0.1, -0.05) is 23.7 Å². The van der Waals surface area contributed by atoms with Gasteiger partial charge in [-0.3, -0.25) is 4.79 Å². The van der Waals surface area contributed by atoms with Crippen LogP contribution < -0.4 is 4.74 Å². The highest BCUT2D eigenvalue weighted by Crippen LogP contribution is 2.39. The Bertz CT molecular complexity index is 1150. The van der Waals surface area contributed by atoms with Crippen molar-refractivity contribution in [3.8, 4) is 5.75 Å². The number of nitrogens with one attached hydrogen (secondary N) is 1. The number of hydrogen-bond donors (Lipinski definition) is 1. The van der Waals surface area contributed by atoms with E-state index in [0.717, 1.165) is 46.3 Å². The van der Waals surface area contributed by atoms with E-state index in [-0.39, 0.29) is 0 Å². The molecule has 1 atom stereocenters. The van der Waals surface area contributed by atoms with Crippen molar-refractivity contribution in [2.45, 2.75) is 25.3 Å². The number of aromatic nitrogens is 1. The molecule has 1 amide bonds. The van der Waals surface area contributed by atoms with Gasteiger partial charge in [0.25, 0.3) is 0 Å². The number of nitrogens with zero attached hydrogens (tertiary/aromatic N) is 1. The SMILES string of the molecule is COc1ccc(C2c3[nH]c4ccc(Cl)cc4c3CCN2C(=O)C(=O)OCC2CC2)cc1. The number of ether oxygens (including phenoxy) is 2. The summed E-state index contributed by atoms with van der Waals surface area (Å²) < 4.78 is 10.6. The minimum Gasteiger partial charge on any atom is -0.497 e. The lowest BCUT2D eigenvalue weighted by atomic mass is 9.92. The molecule has 1 aromatic heterocycles. The second-order valence-corrected chi connectivity index (χ2v) is 8.61. The minimum atomic E-state index is -0.784. The third-order valence-corrected chi connectivity index (χ3v) is 6.34. The number of hydrogen-bond acceptors (Lipinski definition) is 4. The lowest BCUT2D eigenvalue weighted by molar-refractivity contribution is -0.161. The number of esters is 1. The van der Waals surface area contributed by atoms with Crippen LogP contribution in [0.1, 0.15) is 35.7 Å². The molecule has 1 saturated carbocycles. The second-order valence-electron chi connectivity index (χ2n) is 8.17. The second kappa shape index (κ2) is 7.93. The zero-order valence-corrected chi connectivity index (χ0v) is 17.9. The predicted octanol–water partition coefficient (Wildman–Crippen LogP) is 4.26. The van der Waals surface area contributed by atoms with E-state index < -0.39 is 17.9 Å². The molecule has 5 rings (SSSR count). The van der Waals surface area contributed by atoms with Gasteiger partial charge in [-0.2, -0.15) is 0 Å². The van der Waals surface area contributed by atoms with Gasteiger partial charge in [0, 0.05) is 28.2 Å². The summed E-state index contributed by atoms with van der Waals surface area (Å²) in [6.07, 6.45) is 2.74.